The molecule has 0 heterocycles. The Labute approximate surface area is 150 Å². The van der Waals surface area contributed by atoms with E-state index in [9.17, 15) is 0 Å². The molecule has 0 aliphatic heterocycles. The Morgan fingerprint density at radius 1 is 1.08 bits per heavy atom. The van der Waals surface area contributed by atoms with Crippen molar-refractivity contribution in [1.82, 2.24) is 5.32 Å². The number of hydrogen-bond donors (Lipinski definition) is 2. The van der Waals surface area contributed by atoms with E-state index in [1.807, 2.05) is 12.1 Å². The first-order valence-electron chi connectivity index (χ1n) is 8.17. The SMILES string of the molecule is COc1ccc(C(C)(C)C)cc1NC(=S)NCCc1ccccc1. The van der Waals surface area contributed by atoms with Gasteiger partial charge in [0, 0.05) is 6.54 Å². The van der Waals surface area contributed by atoms with Gasteiger partial charge in [-0.15, -0.1) is 0 Å². The van der Waals surface area contributed by atoms with Crippen molar-refractivity contribution >= 4 is 23.0 Å². The molecule has 0 aromatic heterocycles. The van der Waals surface area contributed by atoms with Crippen LogP contribution in [0.1, 0.15) is 31.9 Å². The van der Waals surface area contributed by atoms with E-state index in [0.29, 0.717) is 5.11 Å². The Balaban J connectivity index is 1.97. The van der Waals surface area contributed by atoms with Crippen molar-refractivity contribution in [3.8, 4) is 5.75 Å². The summed E-state index contributed by atoms with van der Waals surface area (Å²) in [5.41, 5.74) is 3.49. The summed E-state index contributed by atoms with van der Waals surface area (Å²) >= 11 is 5.42. The zero-order valence-electron chi connectivity index (χ0n) is 14.8. The average Bonchev–Trinajstić information content (AvgIpc) is 2.55. The van der Waals surface area contributed by atoms with Crippen LogP contribution < -0.4 is 15.4 Å². The third-order valence-electron chi connectivity index (χ3n) is 3.86. The number of benzene rings is 2. The van der Waals surface area contributed by atoms with Gasteiger partial charge in [-0.3, -0.25) is 0 Å². The fraction of sp³-hybridized carbons (Fsp3) is 0.350. The fourth-order valence-corrected chi connectivity index (χ4v) is 2.62. The second-order valence-corrected chi connectivity index (χ2v) is 7.19. The van der Waals surface area contributed by atoms with Gasteiger partial charge in [-0.25, -0.2) is 0 Å². The molecule has 2 aromatic carbocycles. The number of rotatable bonds is 5. The van der Waals surface area contributed by atoms with Crippen molar-refractivity contribution in [2.75, 3.05) is 19.0 Å². The van der Waals surface area contributed by atoms with E-state index >= 15 is 0 Å². The minimum Gasteiger partial charge on any atom is -0.495 e. The molecule has 0 unspecified atom stereocenters. The van der Waals surface area contributed by atoms with Crippen molar-refractivity contribution in [2.45, 2.75) is 32.6 Å². The largest absolute Gasteiger partial charge is 0.495 e. The Morgan fingerprint density at radius 3 is 2.42 bits per heavy atom. The maximum atomic E-state index is 5.44. The highest BCUT2D eigenvalue weighted by atomic mass is 32.1. The van der Waals surface area contributed by atoms with E-state index in [0.717, 1.165) is 24.4 Å². The lowest BCUT2D eigenvalue weighted by Crippen LogP contribution is -2.30. The number of methoxy groups -OCH3 is 1. The second kappa shape index (κ2) is 8.15. The van der Waals surface area contributed by atoms with Gasteiger partial charge < -0.3 is 15.4 Å². The summed E-state index contributed by atoms with van der Waals surface area (Å²) in [6.45, 7) is 7.36. The molecular formula is C20H26N2OS. The fourth-order valence-electron chi connectivity index (χ4n) is 2.40. The predicted molar refractivity (Wildman–Crippen MR) is 106 cm³/mol. The highest BCUT2D eigenvalue weighted by Gasteiger charge is 2.16. The Kier molecular flexibility index (Phi) is 6.21. The van der Waals surface area contributed by atoms with Crippen LogP contribution in [-0.2, 0) is 11.8 Å². The van der Waals surface area contributed by atoms with Crippen LogP contribution in [0.3, 0.4) is 0 Å². The third-order valence-corrected chi connectivity index (χ3v) is 4.10. The molecule has 2 aromatic rings. The topological polar surface area (TPSA) is 33.3 Å². The van der Waals surface area contributed by atoms with Crippen LogP contribution in [0.5, 0.6) is 5.75 Å². The summed E-state index contributed by atoms with van der Waals surface area (Å²) < 4.78 is 5.44. The van der Waals surface area contributed by atoms with Crippen molar-refractivity contribution in [3.63, 3.8) is 0 Å². The molecule has 3 nitrogen and oxygen atoms in total. The van der Waals surface area contributed by atoms with E-state index < -0.39 is 0 Å². The summed E-state index contributed by atoms with van der Waals surface area (Å²) in [7, 11) is 1.67. The number of ether oxygens (including phenoxy) is 1. The summed E-state index contributed by atoms with van der Waals surface area (Å²) in [4.78, 5) is 0. The van der Waals surface area contributed by atoms with E-state index in [4.69, 9.17) is 17.0 Å². The molecule has 0 spiro atoms. The summed E-state index contributed by atoms with van der Waals surface area (Å²) in [5.74, 6) is 0.787. The van der Waals surface area contributed by atoms with Crippen LogP contribution in [0.25, 0.3) is 0 Å². The lowest BCUT2D eigenvalue weighted by molar-refractivity contribution is 0.416. The summed E-state index contributed by atoms with van der Waals surface area (Å²) in [6.07, 6.45) is 0.932. The molecule has 128 valence electrons. The molecule has 24 heavy (non-hydrogen) atoms. The first kappa shape index (κ1) is 18.3. The van der Waals surface area contributed by atoms with Crippen molar-refractivity contribution in [1.29, 1.82) is 0 Å². The lowest BCUT2D eigenvalue weighted by atomic mass is 9.87. The maximum absolute atomic E-state index is 5.44. The minimum atomic E-state index is 0.0745. The highest BCUT2D eigenvalue weighted by molar-refractivity contribution is 7.80. The first-order valence-corrected chi connectivity index (χ1v) is 8.58. The van der Waals surface area contributed by atoms with Gasteiger partial charge in [0.15, 0.2) is 5.11 Å². The van der Waals surface area contributed by atoms with Crippen molar-refractivity contribution < 1.29 is 4.74 Å². The zero-order chi connectivity index (χ0) is 17.6. The zero-order valence-corrected chi connectivity index (χ0v) is 15.7. The average molecular weight is 343 g/mol. The molecule has 0 atom stereocenters. The second-order valence-electron chi connectivity index (χ2n) is 6.78. The molecule has 0 aliphatic rings. The van der Waals surface area contributed by atoms with E-state index in [2.05, 4.69) is 67.8 Å². The third kappa shape index (κ3) is 5.24. The molecular weight excluding hydrogens is 316 g/mol. The smallest absolute Gasteiger partial charge is 0.170 e. The van der Waals surface area contributed by atoms with Crippen LogP contribution >= 0.6 is 12.2 Å². The summed E-state index contributed by atoms with van der Waals surface area (Å²) in [6, 6.07) is 16.5. The van der Waals surface area contributed by atoms with Gasteiger partial charge in [0.2, 0.25) is 0 Å². The van der Waals surface area contributed by atoms with Gasteiger partial charge in [0.25, 0.3) is 0 Å². The lowest BCUT2D eigenvalue weighted by Gasteiger charge is -2.22. The molecule has 4 heteroatoms. The Morgan fingerprint density at radius 2 is 1.79 bits per heavy atom. The first-order chi connectivity index (χ1) is 11.4. The van der Waals surface area contributed by atoms with Crippen molar-refractivity contribution in [3.05, 3.63) is 59.7 Å². The monoisotopic (exact) mass is 342 g/mol. The van der Waals surface area contributed by atoms with Gasteiger partial charge >= 0.3 is 0 Å². The molecule has 0 fully saturated rings. The van der Waals surface area contributed by atoms with E-state index in [-0.39, 0.29) is 5.41 Å². The number of thiocarbonyl (C=S) groups is 1. The van der Waals surface area contributed by atoms with Gasteiger partial charge in [-0.2, -0.15) is 0 Å². The summed E-state index contributed by atoms with van der Waals surface area (Å²) in [5, 5.41) is 7.12. The maximum Gasteiger partial charge on any atom is 0.170 e. The van der Waals surface area contributed by atoms with Gasteiger partial charge in [-0.05, 0) is 47.3 Å². The molecule has 0 aliphatic carbocycles. The predicted octanol–water partition coefficient (Wildman–Crippen LogP) is 4.52. The normalized spacial score (nSPS) is 11.0. The van der Waals surface area contributed by atoms with Crippen LogP contribution in [-0.4, -0.2) is 18.8 Å². The van der Waals surface area contributed by atoms with Gasteiger partial charge in [0.1, 0.15) is 5.75 Å². The highest BCUT2D eigenvalue weighted by Crippen LogP contribution is 2.31. The quantitative estimate of drug-likeness (QED) is 0.783. The van der Waals surface area contributed by atoms with E-state index in [1.54, 1.807) is 7.11 Å². The van der Waals surface area contributed by atoms with Gasteiger partial charge in [0.05, 0.1) is 12.8 Å². The van der Waals surface area contributed by atoms with Crippen molar-refractivity contribution in [2.24, 2.45) is 0 Å². The minimum absolute atomic E-state index is 0.0745. The molecule has 0 amide bonds. The molecule has 0 radical (unpaired) electrons. The van der Waals surface area contributed by atoms with Crippen LogP contribution in [0.4, 0.5) is 5.69 Å². The number of nitrogens with one attached hydrogen (secondary N) is 2. The molecule has 0 saturated heterocycles. The Bertz CT molecular complexity index is 678. The standard InChI is InChI=1S/C20H26N2OS/c1-20(2,3)16-10-11-18(23-4)17(14-16)22-19(24)21-13-12-15-8-6-5-7-9-15/h5-11,14H,12-13H2,1-4H3,(H2,21,22,24). The molecule has 0 saturated carbocycles. The number of anilines is 1. The van der Waals surface area contributed by atoms with Crippen LogP contribution in [0, 0.1) is 0 Å². The Hall–Kier alpha value is -2.07. The van der Waals surface area contributed by atoms with E-state index in [1.165, 1.54) is 11.1 Å². The van der Waals surface area contributed by atoms with Gasteiger partial charge in [-0.1, -0.05) is 57.2 Å². The molecule has 0 bridgehead atoms. The molecule has 2 N–H and O–H groups in total. The number of hydrogen-bond acceptors (Lipinski definition) is 2. The molecule has 2 rings (SSSR count). The van der Waals surface area contributed by atoms with Crippen LogP contribution in [0.15, 0.2) is 48.5 Å². The van der Waals surface area contributed by atoms with Crippen LogP contribution in [0.2, 0.25) is 0 Å².